The second kappa shape index (κ2) is 4.99. The van der Waals surface area contributed by atoms with Gasteiger partial charge in [0.15, 0.2) is 0 Å². The molecule has 4 nitrogen and oxygen atoms in total. The van der Waals surface area contributed by atoms with Crippen LogP contribution in [0.1, 0.15) is 20.3 Å². The number of rotatable bonds is 4. The van der Waals surface area contributed by atoms with E-state index in [0.717, 1.165) is 0 Å². The van der Waals surface area contributed by atoms with Crippen LogP contribution in [0.15, 0.2) is 36.0 Å². The number of carboxylic acids is 2. The van der Waals surface area contributed by atoms with Crippen LogP contribution in [-0.2, 0) is 9.59 Å². The van der Waals surface area contributed by atoms with Crippen molar-refractivity contribution in [2.24, 2.45) is 11.3 Å². The van der Waals surface area contributed by atoms with Crippen LogP contribution >= 0.6 is 0 Å². The molecule has 2 unspecified atom stereocenters. The third kappa shape index (κ3) is 2.46. The van der Waals surface area contributed by atoms with Gasteiger partial charge in [-0.25, -0.2) is 4.79 Å². The normalized spacial score (nSPS) is 28.1. The highest BCUT2D eigenvalue weighted by Gasteiger charge is 2.43. The van der Waals surface area contributed by atoms with E-state index in [2.05, 4.69) is 0 Å². The first-order valence-electron chi connectivity index (χ1n) is 5.39. The van der Waals surface area contributed by atoms with E-state index >= 15 is 0 Å². The van der Waals surface area contributed by atoms with Gasteiger partial charge in [0.2, 0.25) is 0 Å². The Kier molecular flexibility index (Phi) is 3.89. The summed E-state index contributed by atoms with van der Waals surface area (Å²) < 4.78 is 0. The highest BCUT2D eigenvalue weighted by atomic mass is 16.4. The van der Waals surface area contributed by atoms with Gasteiger partial charge in [-0.05, 0) is 13.3 Å². The van der Waals surface area contributed by atoms with Gasteiger partial charge in [-0.2, -0.15) is 0 Å². The average Bonchev–Trinajstić information content (AvgIpc) is 2.25. The molecule has 4 heteroatoms. The number of hydrogen-bond acceptors (Lipinski definition) is 2. The molecule has 17 heavy (non-hydrogen) atoms. The molecule has 0 saturated heterocycles. The molecule has 1 rings (SSSR count). The SMILES string of the molecule is CC=CCC1(C)C(C(=O)O)=CC=CC1C(=O)O. The molecule has 0 aromatic rings. The molecule has 0 aromatic heterocycles. The standard InChI is InChI=1S/C13H16O4/c1-3-4-8-13(2)9(11(14)15)6-5-7-10(13)12(16)17/h3-7,9H,8H2,1-2H3,(H,14,15)(H,16,17). The molecular weight excluding hydrogens is 220 g/mol. The smallest absolute Gasteiger partial charge is 0.332 e. The van der Waals surface area contributed by atoms with Crippen molar-refractivity contribution in [3.63, 3.8) is 0 Å². The fourth-order valence-corrected chi connectivity index (χ4v) is 2.10. The van der Waals surface area contributed by atoms with Crippen molar-refractivity contribution >= 4 is 11.9 Å². The van der Waals surface area contributed by atoms with Gasteiger partial charge in [0.05, 0.1) is 5.92 Å². The Labute approximate surface area is 100.0 Å². The monoisotopic (exact) mass is 236 g/mol. The van der Waals surface area contributed by atoms with E-state index < -0.39 is 23.3 Å². The highest BCUT2D eigenvalue weighted by Crippen LogP contribution is 2.42. The van der Waals surface area contributed by atoms with Gasteiger partial charge in [0.25, 0.3) is 0 Å². The number of aliphatic carboxylic acids is 2. The lowest BCUT2D eigenvalue weighted by Crippen LogP contribution is -2.37. The van der Waals surface area contributed by atoms with Crippen molar-refractivity contribution in [1.29, 1.82) is 0 Å². The molecule has 92 valence electrons. The first-order chi connectivity index (χ1) is 7.93. The summed E-state index contributed by atoms with van der Waals surface area (Å²) >= 11 is 0. The Hall–Kier alpha value is -1.84. The minimum Gasteiger partial charge on any atom is -0.481 e. The third-order valence-electron chi connectivity index (χ3n) is 3.14. The predicted molar refractivity (Wildman–Crippen MR) is 63.5 cm³/mol. The molecule has 0 heterocycles. The van der Waals surface area contributed by atoms with Gasteiger partial charge in [0.1, 0.15) is 0 Å². The predicted octanol–water partition coefficient (Wildman–Crippen LogP) is 2.24. The van der Waals surface area contributed by atoms with E-state index in [1.165, 1.54) is 18.2 Å². The summed E-state index contributed by atoms with van der Waals surface area (Å²) in [5.41, 5.74) is -0.760. The molecule has 1 aliphatic carbocycles. The summed E-state index contributed by atoms with van der Waals surface area (Å²) in [6.45, 7) is 3.50. The van der Waals surface area contributed by atoms with Crippen LogP contribution in [0.25, 0.3) is 0 Å². The largest absolute Gasteiger partial charge is 0.481 e. The summed E-state index contributed by atoms with van der Waals surface area (Å²) in [4.78, 5) is 22.4. The second-order valence-corrected chi connectivity index (χ2v) is 4.28. The molecule has 0 amide bonds. The van der Waals surface area contributed by atoms with Gasteiger partial charge in [0, 0.05) is 11.0 Å². The van der Waals surface area contributed by atoms with E-state index in [4.69, 9.17) is 5.11 Å². The zero-order valence-electron chi connectivity index (χ0n) is 9.88. The number of carbonyl (C=O) groups is 2. The Balaban J connectivity index is 3.21. The molecular formula is C13H16O4. The molecule has 0 fully saturated rings. The van der Waals surface area contributed by atoms with Gasteiger partial charge in [-0.3, -0.25) is 4.79 Å². The van der Waals surface area contributed by atoms with Crippen LogP contribution in [0.5, 0.6) is 0 Å². The van der Waals surface area contributed by atoms with Crippen LogP contribution < -0.4 is 0 Å². The molecule has 0 aliphatic heterocycles. The maximum Gasteiger partial charge on any atom is 0.332 e. The zero-order valence-corrected chi connectivity index (χ0v) is 9.88. The average molecular weight is 236 g/mol. The Morgan fingerprint density at radius 1 is 1.47 bits per heavy atom. The Morgan fingerprint density at radius 2 is 2.12 bits per heavy atom. The molecule has 0 saturated carbocycles. The molecule has 0 aromatic carbocycles. The van der Waals surface area contributed by atoms with Crippen molar-refractivity contribution in [3.05, 3.63) is 36.0 Å². The molecule has 1 aliphatic rings. The maximum atomic E-state index is 11.2. The van der Waals surface area contributed by atoms with E-state index in [9.17, 15) is 14.7 Å². The molecule has 0 bridgehead atoms. The summed E-state index contributed by atoms with van der Waals surface area (Å²) in [6, 6.07) is 0. The van der Waals surface area contributed by atoms with Gasteiger partial charge < -0.3 is 10.2 Å². The van der Waals surface area contributed by atoms with Crippen molar-refractivity contribution in [2.75, 3.05) is 0 Å². The summed E-state index contributed by atoms with van der Waals surface area (Å²) in [5.74, 6) is -2.87. The van der Waals surface area contributed by atoms with Crippen molar-refractivity contribution in [3.8, 4) is 0 Å². The number of allylic oxidation sites excluding steroid dienone is 4. The van der Waals surface area contributed by atoms with Crippen molar-refractivity contribution in [2.45, 2.75) is 20.3 Å². The fraction of sp³-hybridized carbons (Fsp3) is 0.385. The zero-order chi connectivity index (χ0) is 13.1. The third-order valence-corrected chi connectivity index (χ3v) is 3.14. The topological polar surface area (TPSA) is 74.6 Å². The van der Waals surface area contributed by atoms with E-state index in [0.29, 0.717) is 6.42 Å². The summed E-state index contributed by atoms with van der Waals surface area (Å²) in [6.07, 6.45) is 8.50. The lowest BCUT2D eigenvalue weighted by Gasteiger charge is -2.35. The lowest BCUT2D eigenvalue weighted by molar-refractivity contribution is -0.144. The van der Waals surface area contributed by atoms with Crippen LogP contribution in [0, 0.1) is 11.3 Å². The van der Waals surface area contributed by atoms with Crippen molar-refractivity contribution in [1.82, 2.24) is 0 Å². The number of hydrogen-bond donors (Lipinski definition) is 2. The molecule has 2 N–H and O–H groups in total. The number of carboxylic acid groups (broad SMARTS) is 2. The van der Waals surface area contributed by atoms with E-state index in [1.54, 1.807) is 19.1 Å². The Morgan fingerprint density at radius 3 is 2.59 bits per heavy atom. The minimum atomic E-state index is -1.06. The van der Waals surface area contributed by atoms with Gasteiger partial charge in [-0.15, -0.1) is 0 Å². The fourth-order valence-electron chi connectivity index (χ4n) is 2.10. The first-order valence-corrected chi connectivity index (χ1v) is 5.39. The van der Waals surface area contributed by atoms with Crippen LogP contribution in [0.3, 0.4) is 0 Å². The van der Waals surface area contributed by atoms with Crippen LogP contribution in [0.2, 0.25) is 0 Å². The summed E-state index contributed by atoms with van der Waals surface area (Å²) in [5, 5.41) is 18.3. The van der Waals surface area contributed by atoms with Crippen LogP contribution in [-0.4, -0.2) is 22.2 Å². The quantitative estimate of drug-likeness (QED) is 0.734. The molecule has 2 atom stereocenters. The highest BCUT2D eigenvalue weighted by molar-refractivity contribution is 5.91. The van der Waals surface area contributed by atoms with Crippen molar-refractivity contribution < 1.29 is 19.8 Å². The van der Waals surface area contributed by atoms with E-state index in [1.807, 2.05) is 6.92 Å². The Bertz CT molecular complexity index is 417. The maximum absolute atomic E-state index is 11.2. The summed E-state index contributed by atoms with van der Waals surface area (Å²) in [7, 11) is 0. The molecule has 0 radical (unpaired) electrons. The molecule has 0 spiro atoms. The van der Waals surface area contributed by atoms with E-state index in [-0.39, 0.29) is 5.57 Å². The first kappa shape index (κ1) is 13.2. The second-order valence-electron chi connectivity index (χ2n) is 4.28. The van der Waals surface area contributed by atoms with Crippen LogP contribution in [0.4, 0.5) is 0 Å². The minimum absolute atomic E-state index is 0.144. The van der Waals surface area contributed by atoms with Gasteiger partial charge in [-0.1, -0.05) is 37.3 Å². The lowest BCUT2D eigenvalue weighted by atomic mass is 9.66. The van der Waals surface area contributed by atoms with Gasteiger partial charge >= 0.3 is 11.9 Å².